The van der Waals surface area contributed by atoms with Crippen LogP contribution in [0.2, 0.25) is 0 Å². The van der Waals surface area contributed by atoms with Gasteiger partial charge in [0.2, 0.25) is 0 Å². The number of halogens is 5. The zero-order chi connectivity index (χ0) is 25.7. The number of fused-ring (bicyclic) bond motifs is 6. The lowest BCUT2D eigenvalue weighted by molar-refractivity contribution is -0.139. The van der Waals surface area contributed by atoms with Crippen LogP contribution in [0.1, 0.15) is 27.0 Å². The molecule has 2 N–H and O–H groups in total. The van der Waals surface area contributed by atoms with Gasteiger partial charge in [-0.05, 0) is 69.0 Å². The Morgan fingerprint density at radius 2 is 1.83 bits per heavy atom. The molecule has 1 aliphatic rings. The smallest absolute Gasteiger partial charge is 0.421 e. The van der Waals surface area contributed by atoms with Crippen LogP contribution in [0.15, 0.2) is 51.8 Å². The van der Waals surface area contributed by atoms with E-state index in [1.54, 1.807) is 4.72 Å². The quantitative estimate of drug-likeness (QED) is 0.279. The van der Waals surface area contributed by atoms with E-state index in [0.29, 0.717) is 6.07 Å². The predicted octanol–water partition coefficient (Wildman–Crippen LogP) is 5.32. The van der Waals surface area contributed by atoms with E-state index in [1.165, 1.54) is 18.2 Å². The van der Waals surface area contributed by atoms with Gasteiger partial charge in [0.25, 0.3) is 10.0 Å². The molecule has 3 aromatic carbocycles. The maximum atomic E-state index is 14.8. The minimum Gasteiger partial charge on any atom is -0.505 e. The van der Waals surface area contributed by atoms with Crippen LogP contribution in [0.4, 0.5) is 23.2 Å². The monoisotopic (exact) mass is 570 g/mol. The van der Waals surface area contributed by atoms with Crippen LogP contribution in [0.5, 0.6) is 5.75 Å². The number of phenols is 1. The number of phenolic OH excluding ortho intramolecular Hbond substituents is 1. The molecule has 4 rings (SSSR count). The first kappa shape index (κ1) is 24.5. The minimum absolute atomic E-state index is 0.0416. The maximum absolute atomic E-state index is 14.8. The van der Waals surface area contributed by atoms with Crippen molar-refractivity contribution >= 4 is 37.6 Å². The highest BCUT2D eigenvalue weighted by Crippen LogP contribution is 2.42. The first-order valence-electron chi connectivity index (χ1n) is 9.48. The molecule has 35 heavy (non-hydrogen) atoms. The van der Waals surface area contributed by atoms with Crippen LogP contribution in [-0.2, 0) is 27.5 Å². The fraction of sp³-hybridized carbons (Fsp3) is 0.0909. The van der Waals surface area contributed by atoms with Crippen molar-refractivity contribution in [3.8, 4) is 22.9 Å². The van der Waals surface area contributed by atoms with Crippen molar-refractivity contribution in [3.05, 3.63) is 75.0 Å². The number of hydrogen-bond donors (Lipinski definition) is 2. The summed E-state index contributed by atoms with van der Waals surface area (Å²) in [6.07, 6.45) is -5.30. The summed E-state index contributed by atoms with van der Waals surface area (Å²) < 4.78 is 88.6. The Morgan fingerprint density at radius 1 is 1.11 bits per heavy atom. The average molecular weight is 571 g/mol. The molecule has 0 aliphatic carbocycles. The minimum atomic E-state index is -5.30. The number of nitriles is 1. The van der Waals surface area contributed by atoms with E-state index >= 15 is 0 Å². The zero-order valence-corrected chi connectivity index (χ0v) is 19.5. The number of rotatable bonds is 0. The van der Waals surface area contributed by atoms with E-state index in [9.17, 15) is 41.1 Å². The molecule has 0 aromatic heterocycles. The molecule has 180 valence electrons. The van der Waals surface area contributed by atoms with Crippen molar-refractivity contribution in [1.82, 2.24) is 0 Å². The van der Waals surface area contributed by atoms with Crippen molar-refractivity contribution in [2.24, 2.45) is 0 Å². The number of nitrogens with one attached hydrogen (secondary N) is 1. The van der Waals surface area contributed by atoms with Crippen LogP contribution in [0.3, 0.4) is 0 Å². The lowest BCUT2D eigenvalue weighted by Crippen LogP contribution is -2.19. The van der Waals surface area contributed by atoms with Gasteiger partial charge in [-0.1, -0.05) is 6.07 Å². The highest BCUT2D eigenvalue weighted by molar-refractivity contribution is 9.10. The molecule has 0 saturated carbocycles. The topological polar surface area (TPSA) is 116 Å². The number of nitrogens with zero attached hydrogens (tertiary/aromatic N) is 1. The summed E-state index contributed by atoms with van der Waals surface area (Å²) in [7, 11) is -4.98. The Labute approximate surface area is 203 Å². The summed E-state index contributed by atoms with van der Waals surface area (Å²) in [6, 6.07) is 8.90. The van der Waals surface area contributed by atoms with Gasteiger partial charge in [0.15, 0.2) is 0 Å². The first-order chi connectivity index (χ1) is 16.3. The number of esters is 1. The number of hydrogen-bond acceptors (Lipinski definition) is 6. The number of cyclic esters (lactones) is 1. The van der Waals surface area contributed by atoms with Gasteiger partial charge in [0.05, 0.1) is 27.4 Å². The van der Waals surface area contributed by atoms with E-state index in [2.05, 4.69) is 15.9 Å². The molecule has 1 aliphatic heterocycles. The molecule has 0 saturated heterocycles. The van der Waals surface area contributed by atoms with E-state index in [-0.39, 0.29) is 32.3 Å². The summed E-state index contributed by atoms with van der Waals surface area (Å²) in [5.41, 5.74) is -3.27. The second-order valence-corrected chi connectivity index (χ2v) is 9.85. The van der Waals surface area contributed by atoms with Crippen LogP contribution in [-0.4, -0.2) is 19.5 Å². The Hall–Kier alpha value is -3.63. The maximum Gasteiger partial charge on any atom is 0.421 e. The van der Waals surface area contributed by atoms with Gasteiger partial charge in [-0.25, -0.2) is 17.6 Å². The summed E-state index contributed by atoms with van der Waals surface area (Å²) >= 11 is 2.90. The molecule has 0 unspecified atom stereocenters. The summed E-state index contributed by atoms with van der Waals surface area (Å²) in [4.78, 5) is 11.7. The molecule has 0 fully saturated rings. The number of anilines is 1. The van der Waals surface area contributed by atoms with Crippen LogP contribution < -0.4 is 4.72 Å². The molecule has 0 radical (unpaired) electrons. The third-order valence-corrected chi connectivity index (χ3v) is 7.06. The van der Waals surface area contributed by atoms with Crippen LogP contribution >= 0.6 is 15.9 Å². The number of sulfonamides is 1. The van der Waals surface area contributed by atoms with Gasteiger partial charge in [0.1, 0.15) is 28.6 Å². The number of carbonyl (C=O) groups excluding carboxylic acids is 1. The Balaban J connectivity index is 2.09. The Kier molecular flexibility index (Phi) is 5.98. The van der Waals surface area contributed by atoms with Crippen molar-refractivity contribution in [2.45, 2.75) is 17.7 Å². The highest BCUT2D eigenvalue weighted by Gasteiger charge is 2.39. The number of aromatic hydroxyl groups is 1. The largest absolute Gasteiger partial charge is 0.505 e. The molecular weight excluding hydrogens is 560 g/mol. The summed E-state index contributed by atoms with van der Waals surface area (Å²) in [6.45, 7) is -0.439. The van der Waals surface area contributed by atoms with Crippen molar-refractivity contribution in [3.63, 3.8) is 0 Å². The Bertz CT molecular complexity index is 1550. The molecule has 1 heterocycles. The fourth-order valence-electron chi connectivity index (χ4n) is 3.49. The van der Waals surface area contributed by atoms with E-state index in [4.69, 9.17) is 4.74 Å². The van der Waals surface area contributed by atoms with Gasteiger partial charge in [-0.2, -0.15) is 18.4 Å². The van der Waals surface area contributed by atoms with Gasteiger partial charge in [0, 0.05) is 0 Å². The van der Waals surface area contributed by atoms with Crippen LogP contribution in [0.25, 0.3) is 11.1 Å². The number of alkyl halides is 3. The summed E-state index contributed by atoms with van der Waals surface area (Å²) in [5.74, 6) is -3.69. The van der Waals surface area contributed by atoms with Gasteiger partial charge >= 0.3 is 12.1 Å². The lowest BCUT2D eigenvalue weighted by atomic mass is 9.95. The van der Waals surface area contributed by atoms with E-state index in [1.807, 2.05) is 6.07 Å². The van der Waals surface area contributed by atoms with Gasteiger partial charge in [-0.15, -0.1) is 0 Å². The second-order valence-electron chi connectivity index (χ2n) is 7.35. The standard InChI is InChI=1S/C22H11BrF4N2O5S/c23-15-4-13-7-18(20(15)30)35(32,33)29-17-6-12(5-16(24)19(17)22(25,26)27)14-3-10(8-28)1-2-11(14)9-34-21(13)31/h1-7,29-30H,9H2. The number of benzene rings is 3. The second kappa shape index (κ2) is 8.54. The van der Waals surface area contributed by atoms with E-state index < -0.39 is 56.5 Å². The highest BCUT2D eigenvalue weighted by atomic mass is 79.9. The molecule has 0 amide bonds. The molecule has 4 bridgehead atoms. The fourth-order valence-corrected chi connectivity index (χ4v) is 5.29. The molecule has 7 nitrogen and oxygen atoms in total. The Morgan fingerprint density at radius 3 is 2.49 bits per heavy atom. The van der Waals surface area contributed by atoms with Crippen molar-refractivity contribution < 1.29 is 40.6 Å². The van der Waals surface area contributed by atoms with Gasteiger partial charge in [-0.3, -0.25) is 4.72 Å². The normalized spacial score (nSPS) is 14.8. The van der Waals surface area contributed by atoms with Crippen molar-refractivity contribution in [2.75, 3.05) is 4.72 Å². The third kappa shape index (κ3) is 4.54. The SMILES string of the molecule is N#Cc1ccc2c(c1)-c1cc(F)c(C(F)(F)F)c(c1)NS(=O)(=O)c1cc(cc(Br)c1O)C(=O)OC2. The molecule has 3 aromatic rings. The molecule has 0 atom stereocenters. The molecular formula is C22H11BrF4N2O5S. The first-order valence-corrected chi connectivity index (χ1v) is 11.8. The summed E-state index contributed by atoms with van der Waals surface area (Å²) in [5, 5.41) is 19.5. The van der Waals surface area contributed by atoms with Crippen LogP contribution in [0, 0.1) is 17.1 Å². The lowest BCUT2D eigenvalue weighted by Gasteiger charge is -2.18. The average Bonchev–Trinajstić information content (AvgIpc) is 2.77. The molecule has 0 spiro atoms. The predicted molar refractivity (Wildman–Crippen MR) is 117 cm³/mol. The zero-order valence-electron chi connectivity index (χ0n) is 17.1. The molecule has 13 heteroatoms. The number of carbonyl (C=O) groups is 1. The third-order valence-electron chi connectivity index (χ3n) is 5.08. The van der Waals surface area contributed by atoms with E-state index in [0.717, 1.165) is 18.2 Å². The number of ether oxygens (including phenoxy) is 1. The van der Waals surface area contributed by atoms with Gasteiger partial charge < -0.3 is 9.84 Å². The van der Waals surface area contributed by atoms with Crippen molar-refractivity contribution in [1.29, 1.82) is 5.26 Å².